The van der Waals surface area contributed by atoms with E-state index in [1.165, 1.54) is 12.8 Å². The Bertz CT molecular complexity index is 56.4. The Morgan fingerprint density at radius 3 is 2.38 bits per heavy atom. The molecule has 0 aromatic heterocycles. The second-order valence-corrected chi connectivity index (χ2v) is 8.68. The van der Waals surface area contributed by atoms with Crippen LogP contribution in [-0.4, -0.2) is 23.1 Å². The highest BCUT2D eigenvalue weighted by Crippen LogP contribution is 2.11. The van der Waals surface area contributed by atoms with Crippen LogP contribution in [-0.2, 0) is 0 Å². The normalized spacial score (nSPS) is 18.4. The van der Waals surface area contributed by atoms with Crippen molar-refractivity contribution in [1.82, 2.24) is 0 Å². The van der Waals surface area contributed by atoms with E-state index in [1.807, 2.05) is 0 Å². The smallest absolute Gasteiger partial charge is 0.152 e. The molecule has 0 radical (unpaired) electrons. The Kier molecular flexibility index (Phi) is 4.50. The molecular formula is C5H16OSi2. The summed E-state index contributed by atoms with van der Waals surface area (Å²) in [6.45, 7) is 4.35. The molecule has 50 valence electrons. The van der Waals surface area contributed by atoms with Gasteiger partial charge in [0.05, 0.1) is 0 Å². The SMILES string of the molecule is CCCC(C)[SiH](O)[SiH3]. The quantitative estimate of drug-likeness (QED) is 0.548. The minimum Gasteiger partial charge on any atom is -0.438 e. The highest BCUT2D eigenvalue weighted by molar-refractivity contribution is 6.99. The second-order valence-electron chi connectivity index (χ2n) is 2.51. The molecule has 2 atom stereocenters. The van der Waals surface area contributed by atoms with Gasteiger partial charge in [-0.3, -0.25) is 0 Å². The number of hydrogen-bond donors (Lipinski definition) is 1. The maximum absolute atomic E-state index is 9.15. The molecule has 8 heavy (non-hydrogen) atoms. The van der Waals surface area contributed by atoms with Crippen LogP contribution >= 0.6 is 0 Å². The molecule has 0 saturated carbocycles. The fourth-order valence-corrected chi connectivity index (χ4v) is 2.51. The van der Waals surface area contributed by atoms with E-state index in [9.17, 15) is 0 Å². The minimum absolute atomic E-state index is 0.673. The molecule has 0 aromatic rings. The summed E-state index contributed by atoms with van der Waals surface area (Å²) in [6.07, 6.45) is 2.46. The molecule has 3 heteroatoms. The molecule has 0 aliphatic heterocycles. The van der Waals surface area contributed by atoms with Gasteiger partial charge in [-0.25, -0.2) is 0 Å². The Balaban J connectivity index is 3.17. The maximum atomic E-state index is 9.15. The van der Waals surface area contributed by atoms with E-state index in [0.29, 0.717) is 5.54 Å². The van der Waals surface area contributed by atoms with Gasteiger partial charge in [-0.15, -0.1) is 0 Å². The Hall–Kier alpha value is 0.394. The van der Waals surface area contributed by atoms with E-state index in [0.717, 1.165) is 9.76 Å². The van der Waals surface area contributed by atoms with Gasteiger partial charge in [0.1, 0.15) is 0 Å². The summed E-state index contributed by atoms with van der Waals surface area (Å²) in [6, 6.07) is 0. The van der Waals surface area contributed by atoms with E-state index < -0.39 is 8.56 Å². The van der Waals surface area contributed by atoms with Crippen LogP contribution in [0.25, 0.3) is 0 Å². The van der Waals surface area contributed by atoms with E-state index in [2.05, 4.69) is 13.8 Å². The van der Waals surface area contributed by atoms with Gasteiger partial charge in [-0.05, 0) is 5.54 Å². The molecule has 0 spiro atoms. The lowest BCUT2D eigenvalue weighted by Gasteiger charge is -2.09. The predicted molar refractivity (Wildman–Crippen MR) is 43.6 cm³/mol. The van der Waals surface area contributed by atoms with E-state index in [-0.39, 0.29) is 0 Å². The lowest BCUT2D eigenvalue weighted by atomic mass is 10.3. The molecule has 0 heterocycles. The summed E-state index contributed by atoms with van der Waals surface area (Å²) in [5.74, 6) is 0. The van der Waals surface area contributed by atoms with Crippen LogP contribution in [0, 0.1) is 0 Å². The maximum Gasteiger partial charge on any atom is 0.152 e. The van der Waals surface area contributed by atoms with Gasteiger partial charge >= 0.3 is 0 Å². The first-order chi connectivity index (χ1) is 3.68. The van der Waals surface area contributed by atoms with Crippen molar-refractivity contribution in [1.29, 1.82) is 0 Å². The third-order valence-electron chi connectivity index (χ3n) is 1.57. The van der Waals surface area contributed by atoms with Crippen molar-refractivity contribution in [2.45, 2.75) is 32.2 Å². The van der Waals surface area contributed by atoms with Crippen LogP contribution in [0.3, 0.4) is 0 Å². The van der Waals surface area contributed by atoms with Crippen molar-refractivity contribution in [2.24, 2.45) is 0 Å². The minimum atomic E-state index is -1.14. The molecule has 0 fully saturated rings. The van der Waals surface area contributed by atoms with E-state index >= 15 is 0 Å². The van der Waals surface area contributed by atoms with Crippen molar-refractivity contribution < 1.29 is 4.80 Å². The lowest BCUT2D eigenvalue weighted by molar-refractivity contribution is 0.559. The second kappa shape index (κ2) is 4.29. The Labute approximate surface area is 56.1 Å². The van der Waals surface area contributed by atoms with Crippen molar-refractivity contribution in [3.63, 3.8) is 0 Å². The molecule has 0 amide bonds. The zero-order chi connectivity index (χ0) is 6.57. The standard InChI is InChI=1S/C5H16OSi2/c1-3-4-5(2)8(6)7/h5-6,8H,3-4H2,1-2,7H3. The Morgan fingerprint density at radius 2 is 2.25 bits per heavy atom. The monoisotopic (exact) mass is 148 g/mol. The molecule has 1 N–H and O–H groups in total. The van der Waals surface area contributed by atoms with Gasteiger partial charge in [-0.2, -0.15) is 0 Å². The summed E-state index contributed by atoms with van der Waals surface area (Å²) < 4.78 is 0. The molecule has 1 nitrogen and oxygen atoms in total. The molecule has 0 bridgehead atoms. The van der Waals surface area contributed by atoms with Gasteiger partial charge in [-0.1, -0.05) is 26.7 Å². The van der Waals surface area contributed by atoms with Crippen LogP contribution in [0.4, 0.5) is 0 Å². The molecule has 0 aliphatic rings. The first kappa shape index (κ1) is 8.39. The summed E-state index contributed by atoms with van der Waals surface area (Å²) in [5, 5.41) is 0. The lowest BCUT2D eigenvalue weighted by Crippen LogP contribution is -2.18. The average Bonchev–Trinajstić information content (AvgIpc) is 1.67. The van der Waals surface area contributed by atoms with Crippen LogP contribution in [0.5, 0.6) is 0 Å². The van der Waals surface area contributed by atoms with Crippen LogP contribution in [0.1, 0.15) is 26.7 Å². The van der Waals surface area contributed by atoms with Crippen LogP contribution in [0.2, 0.25) is 5.54 Å². The van der Waals surface area contributed by atoms with Gasteiger partial charge in [0.15, 0.2) is 8.56 Å². The summed E-state index contributed by atoms with van der Waals surface area (Å²) >= 11 is 0. The van der Waals surface area contributed by atoms with Gasteiger partial charge in [0.25, 0.3) is 0 Å². The number of rotatable bonds is 3. The van der Waals surface area contributed by atoms with Gasteiger partial charge < -0.3 is 4.80 Å². The van der Waals surface area contributed by atoms with Crippen molar-refractivity contribution in [3.8, 4) is 0 Å². The predicted octanol–water partition coefficient (Wildman–Crippen LogP) is -0.245. The highest BCUT2D eigenvalue weighted by Gasteiger charge is 2.07. The average molecular weight is 148 g/mol. The summed E-state index contributed by atoms with van der Waals surface area (Å²) in [5.41, 5.74) is 0.673. The van der Waals surface area contributed by atoms with E-state index in [4.69, 9.17) is 4.80 Å². The van der Waals surface area contributed by atoms with E-state index in [1.54, 1.807) is 0 Å². The van der Waals surface area contributed by atoms with Gasteiger partial charge in [0, 0.05) is 9.76 Å². The molecule has 0 aliphatic carbocycles. The molecule has 0 saturated heterocycles. The van der Waals surface area contributed by atoms with Crippen molar-refractivity contribution >= 4 is 18.3 Å². The Morgan fingerprint density at radius 1 is 1.75 bits per heavy atom. The molecular weight excluding hydrogens is 132 g/mol. The molecule has 2 unspecified atom stereocenters. The highest BCUT2D eigenvalue weighted by atomic mass is 29.2. The third-order valence-corrected chi connectivity index (χ3v) is 6.96. The summed E-state index contributed by atoms with van der Waals surface area (Å²) in [7, 11) is -0.0820. The van der Waals surface area contributed by atoms with Gasteiger partial charge in [0.2, 0.25) is 0 Å². The van der Waals surface area contributed by atoms with Crippen LogP contribution in [0.15, 0.2) is 0 Å². The first-order valence-electron chi connectivity index (χ1n) is 3.36. The fourth-order valence-electron chi connectivity index (χ4n) is 0.697. The molecule has 0 aromatic carbocycles. The van der Waals surface area contributed by atoms with Crippen molar-refractivity contribution in [2.75, 3.05) is 0 Å². The first-order valence-corrected chi connectivity index (χ1v) is 9.16. The zero-order valence-corrected chi connectivity index (χ0v) is 9.17. The largest absolute Gasteiger partial charge is 0.438 e. The number of hydrogen-bond acceptors (Lipinski definition) is 1. The zero-order valence-electron chi connectivity index (χ0n) is 6.02. The van der Waals surface area contributed by atoms with Crippen molar-refractivity contribution in [3.05, 3.63) is 0 Å². The third kappa shape index (κ3) is 3.40. The fraction of sp³-hybridized carbons (Fsp3) is 1.00. The van der Waals surface area contributed by atoms with Crippen LogP contribution < -0.4 is 0 Å². The summed E-state index contributed by atoms with van der Waals surface area (Å²) in [4.78, 5) is 9.15. The molecule has 0 rings (SSSR count). The topological polar surface area (TPSA) is 20.2 Å².